The summed E-state index contributed by atoms with van der Waals surface area (Å²) < 4.78 is 0. The maximum absolute atomic E-state index is 12.3. The molecule has 3 rings (SSSR count). The predicted octanol–water partition coefficient (Wildman–Crippen LogP) is 1.63. The number of anilines is 2. The van der Waals surface area contributed by atoms with Crippen LogP contribution >= 0.6 is 0 Å². The van der Waals surface area contributed by atoms with Crippen LogP contribution in [0, 0.1) is 6.92 Å². The van der Waals surface area contributed by atoms with Crippen molar-refractivity contribution in [2.24, 2.45) is 0 Å². The van der Waals surface area contributed by atoms with Crippen molar-refractivity contribution >= 4 is 17.8 Å². The lowest BCUT2D eigenvalue weighted by molar-refractivity contribution is 0.144. The van der Waals surface area contributed by atoms with Crippen LogP contribution in [0.4, 0.5) is 16.6 Å². The number of hydrogen-bond acceptors (Lipinski definition) is 5. The van der Waals surface area contributed by atoms with Crippen LogP contribution in [0.5, 0.6) is 0 Å². The highest BCUT2D eigenvalue weighted by atomic mass is 16.3. The van der Waals surface area contributed by atoms with E-state index in [9.17, 15) is 9.90 Å². The molecule has 0 saturated heterocycles. The topological polar surface area (TPSA) is 90.4 Å². The Morgan fingerprint density at radius 1 is 1.29 bits per heavy atom. The fourth-order valence-corrected chi connectivity index (χ4v) is 2.86. The van der Waals surface area contributed by atoms with Crippen LogP contribution in [0.2, 0.25) is 0 Å². The smallest absolute Gasteiger partial charge is 0.322 e. The minimum Gasteiger partial charge on any atom is -0.390 e. The SMILES string of the molecule is Cc1cc(N(C)C)nc(NC(=O)N[C@H]2c3ccccc3C[C@@H]2O)n1. The number of benzene rings is 1. The van der Waals surface area contributed by atoms with E-state index in [1.54, 1.807) is 0 Å². The van der Waals surface area contributed by atoms with Crippen molar-refractivity contribution in [3.63, 3.8) is 0 Å². The summed E-state index contributed by atoms with van der Waals surface area (Å²) in [4.78, 5) is 22.6. The van der Waals surface area contributed by atoms with E-state index in [-0.39, 0.29) is 5.95 Å². The Bertz CT molecular complexity index is 762. The van der Waals surface area contributed by atoms with Gasteiger partial charge in [0.2, 0.25) is 5.95 Å². The molecule has 0 unspecified atom stereocenters. The van der Waals surface area contributed by atoms with Crippen LogP contribution in [-0.2, 0) is 6.42 Å². The van der Waals surface area contributed by atoms with Gasteiger partial charge >= 0.3 is 6.03 Å². The van der Waals surface area contributed by atoms with Crippen LogP contribution in [0.1, 0.15) is 22.9 Å². The van der Waals surface area contributed by atoms with E-state index in [1.165, 1.54) is 0 Å². The molecular formula is C17H21N5O2. The van der Waals surface area contributed by atoms with E-state index in [1.807, 2.05) is 56.3 Å². The molecule has 2 atom stereocenters. The normalized spacial score (nSPS) is 18.8. The van der Waals surface area contributed by atoms with Crippen molar-refractivity contribution in [1.29, 1.82) is 0 Å². The van der Waals surface area contributed by atoms with Crippen LogP contribution in [0.25, 0.3) is 0 Å². The van der Waals surface area contributed by atoms with E-state index in [0.717, 1.165) is 16.8 Å². The standard InChI is InChI=1S/C17H21N5O2/c1-10-8-14(22(2)3)19-16(18-10)21-17(24)20-15-12-7-5-4-6-11(12)9-13(15)23/h4-8,13,15,23H,9H2,1-3H3,(H2,18,19,20,21,24)/t13-,15-/m0/s1. The molecule has 3 N–H and O–H groups in total. The second-order valence-electron chi connectivity index (χ2n) is 6.13. The van der Waals surface area contributed by atoms with E-state index in [4.69, 9.17) is 0 Å². The van der Waals surface area contributed by atoms with Gasteiger partial charge in [0.05, 0.1) is 12.1 Å². The average molecular weight is 327 g/mol. The summed E-state index contributed by atoms with van der Waals surface area (Å²) in [6.45, 7) is 1.84. The Hall–Kier alpha value is -2.67. The highest BCUT2D eigenvalue weighted by Crippen LogP contribution is 2.31. The summed E-state index contributed by atoms with van der Waals surface area (Å²) in [5.41, 5.74) is 2.76. The number of aryl methyl sites for hydroxylation is 1. The van der Waals surface area contributed by atoms with Crippen molar-refractivity contribution in [1.82, 2.24) is 15.3 Å². The number of hydrogen-bond donors (Lipinski definition) is 3. The molecule has 2 amide bonds. The number of carbonyl (C=O) groups is 1. The van der Waals surface area contributed by atoms with Gasteiger partial charge in [-0.15, -0.1) is 0 Å². The first kappa shape index (κ1) is 16.2. The molecule has 2 aromatic rings. The van der Waals surface area contributed by atoms with Crippen LogP contribution in [0.3, 0.4) is 0 Å². The molecule has 1 aromatic heterocycles. The number of amides is 2. The molecule has 24 heavy (non-hydrogen) atoms. The molecule has 0 radical (unpaired) electrons. The summed E-state index contributed by atoms with van der Waals surface area (Å²) in [5, 5.41) is 15.7. The number of carbonyl (C=O) groups excluding carboxylic acids is 1. The van der Waals surface area contributed by atoms with Gasteiger partial charge in [-0.05, 0) is 18.1 Å². The molecule has 1 aromatic carbocycles. The van der Waals surface area contributed by atoms with Gasteiger partial charge in [0, 0.05) is 32.3 Å². The molecule has 0 aliphatic heterocycles. The van der Waals surface area contributed by atoms with Crippen molar-refractivity contribution in [2.75, 3.05) is 24.3 Å². The summed E-state index contributed by atoms with van der Waals surface area (Å²) in [6, 6.07) is 8.67. The van der Waals surface area contributed by atoms with Gasteiger partial charge in [0.1, 0.15) is 5.82 Å². The zero-order valence-corrected chi connectivity index (χ0v) is 13.9. The zero-order valence-electron chi connectivity index (χ0n) is 13.9. The van der Waals surface area contributed by atoms with E-state index in [0.29, 0.717) is 12.2 Å². The third-order valence-corrected chi connectivity index (χ3v) is 4.01. The first-order valence-electron chi connectivity index (χ1n) is 7.80. The number of aliphatic hydroxyl groups excluding tert-OH is 1. The van der Waals surface area contributed by atoms with Gasteiger partial charge in [-0.25, -0.2) is 9.78 Å². The summed E-state index contributed by atoms with van der Waals surface area (Å²) >= 11 is 0. The van der Waals surface area contributed by atoms with Gasteiger partial charge in [0.15, 0.2) is 0 Å². The second kappa shape index (κ2) is 6.45. The number of fused-ring (bicyclic) bond motifs is 1. The molecule has 0 bridgehead atoms. The lowest BCUT2D eigenvalue weighted by Crippen LogP contribution is -2.37. The van der Waals surface area contributed by atoms with E-state index < -0.39 is 18.2 Å². The fourth-order valence-electron chi connectivity index (χ4n) is 2.86. The number of aromatic nitrogens is 2. The minimum atomic E-state index is -0.635. The molecule has 126 valence electrons. The molecule has 7 heteroatoms. The largest absolute Gasteiger partial charge is 0.390 e. The van der Waals surface area contributed by atoms with Crippen molar-refractivity contribution < 1.29 is 9.90 Å². The quantitative estimate of drug-likeness (QED) is 0.797. The van der Waals surface area contributed by atoms with Crippen LogP contribution in [0.15, 0.2) is 30.3 Å². The molecule has 1 heterocycles. The van der Waals surface area contributed by atoms with Gasteiger partial charge < -0.3 is 15.3 Å². The minimum absolute atomic E-state index is 0.233. The number of urea groups is 1. The average Bonchev–Trinajstić information content (AvgIpc) is 2.82. The third-order valence-electron chi connectivity index (χ3n) is 4.01. The molecule has 0 spiro atoms. The lowest BCUT2D eigenvalue weighted by Gasteiger charge is -2.18. The molecule has 0 fully saturated rings. The Labute approximate surface area is 140 Å². The Kier molecular flexibility index (Phi) is 4.35. The molecule has 0 saturated carbocycles. The third kappa shape index (κ3) is 3.30. The number of aliphatic hydroxyl groups is 1. The second-order valence-corrected chi connectivity index (χ2v) is 6.13. The molecular weight excluding hydrogens is 306 g/mol. The summed E-state index contributed by atoms with van der Waals surface area (Å²) in [5.74, 6) is 0.945. The highest BCUT2D eigenvalue weighted by Gasteiger charge is 2.31. The van der Waals surface area contributed by atoms with Gasteiger partial charge in [-0.1, -0.05) is 24.3 Å². The summed E-state index contributed by atoms with van der Waals surface area (Å²) in [6.07, 6.45) is -0.101. The van der Waals surface area contributed by atoms with Crippen LogP contribution in [-0.4, -0.2) is 41.3 Å². The zero-order chi connectivity index (χ0) is 17.3. The number of nitrogens with one attached hydrogen (secondary N) is 2. The monoisotopic (exact) mass is 327 g/mol. The number of rotatable bonds is 3. The first-order valence-corrected chi connectivity index (χ1v) is 7.80. The highest BCUT2D eigenvalue weighted by molar-refractivity contribution is 5.88. The van der Waals surface area contributed by atoms with Crippen molar-refractivity contribution in [2.45, 2.75) is 25.5 Å². The number of nitrogens with zero attached hydrogens (tertiary/aromatic N) is 3. The maximum atomic E-state index is 12.3. The van der Waals surface area contributed by atoms with Gasteiger partial charge in [-0.3, -0.25) is 5.32 Å². The summed E-state index contributed by atoms with van der Waals surface area (Å²) in [7, 11) is 3.74. The van der Waals surface area contributed by atoms with E-state index in [2.05, 4.69) is 20.6 Å². The Balaban J connectivity index is 1.73. The Morgan fingerprint density at radius 2 is 2.04 bits per heavy atom. The molecule has 1 aliphatic carbocycles. The van der Waals surface area contributed by atoms with Gasteiger partial charge in [-0.2, -0.15) is 4.98 Å². The molecule has 7 nitrogen and oxygen atoms in total. The van der Waals surface area contributed by atoms with Crippen molar-refractivity contribution in [3.8, 4) is 0 Å². The van der Waals surface area contributed by atoms with Crippen molar-refractivity contribution in [3.05, 3.63) is 47.2 Å². The maximum Gasteiger partial charge on any atom is 0.322 e. The van der Waals surface area contributed by atoms with Crippen LogP contribution < -0.4 is 15.5 Å². The predicted molar refractivity (Wildman–Crippen MR) is 92.1 cm³/mol. The lowest BCUT2D eigenvalue weighted by atomic mass is 10.1. The van der Waals surface area contributed by atoms with E-state index >= 15 is 0 Å². The Morgan fingerprint density at radius 3 is 2.79 bits per heavy atom. The molecule has 1 aliphatic rings. The first-order chi connectivity index (χ1) is 11.4. The fraction of sp³-hybridized carbons (Fsp3) is 0.353. The van der Waals surface area contributed by atoms with Gasteiger partial charge in [0.25, 0.3) is 0 Å².